The number of piperidine rings is 1. The molecule has 0 bridgehead atoms. The van der Waals surface area contributed by atoms with Crippen LogP contribution in [-0.2, 0) is 4.79 Å². The van der Waals surface area contributed by atoms with Crippen molar-refractivity contribution in [1.82, 2.24) is 4.98 Å². The van der Waals surface area contributed by atoms with E-state index in [2.05, 4.69) is 16.0 Å². The number of nitrogens with two attached hydrogens (primary N) is 2. The molecule has 2 rings (SSSR count). The van der Waals surface area contributed by atoms with Crippen molar-refractivity contribution in [2.24, 2.45) is 17.4 Å². The molecular formula is C14H22N4O. The standard InChI is InChI=1S/C14H22N4O/c1-10(15)13-3-2-12(9-17-13)18-6-4-11(5-7-18)8-14(16)19/h2-3,9-11H,4-8,15H2,1H3,(H2,16,19). The highest BCUT2D eigenvalue weighted by atomic mass is 16.1. The monoisotopic (exact) mass is 262 g/mol. The number of aromatic nitrogens is 1. The van der Waals surface area contributed by atoms with Gasteiger partial charge in [0.2, 0.25) is 5.91 Å². The van der Waals surface area contributed by atoms with Crippen LogP contribution in [0.4, 0.5) is 5.69 Å². The average molecular weight is 262 g/mol. The molecule has 1 aliphatic rings. The van der Waals surface area contributed by atoms with Gasteiger partial charge in [-0.05, 0) is 37.8 Å². The van der Waals surface area contributed by atoms with Crippen molar-refractivity contribution in [3.8, 4) is 0 Å². The third kappa shape index (κ3) is 3.67. The maximum absolute atomic E-state index is 10.9. The van der Waals surface area contributed by atoms with E-state index in [1.54, 1.807) is 0 Å². The maximum Gasteiger partial charge on any atom is 0.217 e. The number of primary amides is 1. The fourth-order valence-corrected chi connectivity index (χ4v) is 2.53. The Morgan fingerprint density at radius 1 is 1.47 bits per heavy atom. The minimum Gasteiger partial charge on any atom is -0.370 e. The van der Waals surface area contributed by atoms with Gasteiger partial charge in [0.1, 0.15) is 0 Å². The van der Waals surface area contributed by atoms with Gasteiger partial charge in [-0.15, -0.1) is 0 Å². The van der Waals surface area contributed by atoms with Crippen molar-refractivity contribution in [3.05, 3.63) is 24.0 Å². The van der Waals surface area contributed by atoms with Crippen molar-refractivity contribution >= 4 is 11.6 Å². The van der Waals surface area contributed by atoms with Crippen molar-refractivity contribution in [2.45, 2.75) is 32.2 Å². The smallest absolute Gasteiger partial charge is 0.217 e. The molecule has 104 valence electrons. The number of carbonyl (C=O) groups excluding carboxylic acids is 1. The molecule has 0 spiro atoms. The number of nitrogens with zero attached hydrogens (tertiary/aromatic N) is 2. The summed E-state index contributed by atoms with van der Waals surface area (Å²) in [7, 11) is 0. The molecule has 1 fully saturated rings. The van der Waals surface area contributed by atoms with Crippen LogP contribution >= 0.6 is 0 Å². The van der Waals surface area contributed by atoms with Gasteiger partial charge in [0, 0.05) is 25.6 Å². The van der Waals surface area contributed by atoms with Crippen molar-refractivity contribution < 1.29 is 4.79 Å². The Labute approximate surface area is 114 Å². The lowest BCUT2D eigenvalue weighted by atomic mass is 9.93. The van der Waals surface area contributed by atoms with E-state index in [-0.39, 0.29) is 11.9 Å². The topological polar surface area (TPSA) is 85.2 Å². The van der Waals surface area contributed by atoms with E-state index in [1.165, 1.54) is 0 Å². The predicted molar refractivity (Wildman–Crippen MR) is 75.6 cm³/mol. The first-order valence-electron chi connectivity index (χ1n) is 6.81. The zero-order chi connectivity index (χ0) is 13.8. The molecule has 0 radical (unpaired) electrons. The van der Waals surface area contributed by atoms with Gasteiger partial charge in [0.05, 0.1) is 17.6 Å². The Morgan fingerprint density at radius 3 is 2.63 bits per heavy atom. The van der Waals surface area contributed by atoms with Crippen LogP contribution in [0.25, 0.3) is 0 Å². The van der Waals surface area contributed by atoms with Crippen LogP contribution in [0.15, 0.2) is 18.3 Å². The summed E-state index contributed by atoms with van der Waals surface area (Å²) in [4.78, 5) is 17.6. The molecule has 1 saturated heterocycles. The molecule has 1 atom stereocenters. The third-order valence-electron chi connectivity index (χ3n) is 3.71. The summed E-state index contributed by atoms with van der Waals surface area (Å²) in [5.41, 5.74) is 13.1. The number of hydrogen-bond donors (Lipinski definition) is 2. The first kappa shape index (κ1) is 13.8. The Kier molecular flexibility index (Phi) is 4.37. The molecule has 2 heterocycles. The maximum atomic E-state index is 10.9. The zero-order valence-corrected chi connectivity index (χ0v) is 11.4. The van der Waals surface area contributed by atoms with E-state index in [9.17, 15) is 4.79 Å². The number of pyridine rings is 1. The van der Waals surface area contributed by atoms with Crippen LogP contribution < -0.4 is 16.4 Å². The normalized spacial score (nSPS) is 18.3. The first-order valence-corrected chi connectivity index (χ1v) is 6.81. The van der Waals surface area contributed by atoms with Crippen LogP contribution in [0.3, 0.4) is 0 Å². The third-order valence-corrected chi connectivity index (χ3v) is 3.71. The molecular weight excluding hydrogens is 240 g/mol. The van der Waals surface area contributed by atoms with E-state index >= 15 is 0 Å². The van der Waals surface area contributed by atoms with Gasteiger partial charge in [-0.25, -0.2) is 0 Å². The molecule has 19 heavy (non-hydrogen) atoms. The SMILES string of the molecule is CC(N)c1ccc(N2CCC(CC(N)=O)CC2)cn1. The second kappa shape index (κ2) is 6.02. The minimum atomic E-state index is -0.193. The number of hydrogen-bond acceptors (Lipinski definition) is 4. The largest absolute Gasteiger partial charge is 0.370 e. The molecule has 1 aromatic rings. The van der Waals surface area contributed by atoms with E-state index in [0.717, 1.165) is 37.3 Å². The fraction of sp³-hybridized carbons (Fsp3) is 0.571. The van der Waals surface area contributed by atoms with Crippen molar-refractivity contribution in [3.63, 3.8) is 0 Å². The molecule has 1 aromatic heterocycles. The molecule has 0 saturated carbocycles. The summed E-state index contributed by atoms with van der Waals surface area (Å²) in [6, 6.07) is 4.02. The van der Waals surface area contributed by atoms with E-state index in [4.69, 9.17) is 11.5 Å². The van der Waals surface area contributed by atoms with Gasteiger partial charge >= 0.3 is 0 Å². The second-order valence-corrected chi connectivity index (χ2v) is 5.33. The Balaban J connectivity index is 1.92. The van der Waals surface area contributed by atoms with Crippen LogP contribution in [0.2, 0.25) is 0 Å². The average Bonchev–Trinajstić information content (AvgIpc) is 2.39. The quantitative estimate of drug-likeness (QED) is 0.853. The summed E-state index contributed by atoms with van der Waals surface area (Å²) >= 11 is 0. The summed E-state index contributed by atoms with van der Waals surface area (Å²) in [5.74, 6) is 0.242. The van der Waals surface area contributed by atoms with Gasteiger partial charge in [-0.1, -0.05) is 0 Å². The predicted octanol–water partition coefficient (Wildman–Crippen LogP) is 1.19. The Morgan fingerprint density at radius 2 is 2.16 bits per heavy atom. The fourth-order valence-electron chi connectivity index (χ4n) is 2.53. The van der Waals surface area contributed by atoms with E-state index in [0.29, 0.717) is 12.3 Å². The van der Waals surface area contributed by atoms with E-state index < -0.39 is 0 Å². The van der Waals surface area contributed by atoms with Crippen molar-refractivity contribution in [2.75, 3.05) is 18.0 Å². The van der Waals surface area contributed by atoms with Crippen LogP contribution in [-0.4, -0.2) is 24.0 Å². The number of anilines is 1. The first-order chi connectivity index (χ1) is 9.06. The van der Waals surface area contributed by atoms with Gasteiger partial charge in [-0.3, -0.25) is 9.78 Å². The second-order valence-electron chi connectivity index (χ2n) is 5.33. The molecule has 1 amide bonds. The highest BCUT2D eigenvalue weighted by Gasteiger charge is 2.21. The molecule has 0 aliphatic carbocycles. The lowest BCUT2D eigenvalue weighted by Gasteiger charge is -2.33. The molecule has 1 aliphatic heterocycles. The van der Waals surface area contributed by atoms with Crippen LogP contribution in [0, 0.1) is 5.92 Å². The zero-order valence-electron chi connectivity index (χ0n) is 11.4. The van der Waals surface area contributed by atoms with Crippen LogP contribution in [0.5, 0.6) is 0 Å². The summed E-state index contributed by atoms with van der Waals surface area (Å²) < 4.78 is 0. The van der Waals surface area contributed by atoms with Gasteiger partial charge in [0.25, 0.3) is 0 Å². The Bertz CT molecular complexity index is 422. The summed E-state index contributed by atoms with van der Waals surface area (Å²) in [5, 5.41) is 0. The Hall–Kier alpha value is -1.62. The van der Waals surface area contributed by atoms with Gasteiger partial charge in [0.15, 0.2) is 0 Å². The highest BCUT2D eigenvalue weighted by Crippen LogP contribution is 2.25. The molecule has 5 nitrogen and oxygen atoms in total. The lowest BCUT2D eigenvalue weighted by molar-refractivity contribution is -0.119. The molecule has 4 N–H and O–H groups in total. The summed E-state index contributed by atoms with van der Waals surface area (Å²) in [6.07, 6.45) is 4.42. The van der Waals surface area contributed by atoms with E-state index in [1.807, 2.05) is 19.2 Å². The van der Waals surface area contributed by atoms with Crippen molar-refractivity contribution in [1.29, 1.82) is 0 Å². The van der Waals surface area contributed by atoms with Gasteiger partial charge in [-0.2, -0.15) is 0 Å². The number of amides is 1. The lowest BCUT2D eigenvalue weighted by Crippen LogP contribution is -2.35. The number of rotatable bonds is 4. The molecule has 5 heteroatoms. The summed E-state index contributed by atoms with van der Waals surface area (Å²) in [6.45, 7) is 3.84. The highest BCUT2D eigenvalue weighted by molar-refractivity contribution is 5.74. The molecule has 1 unspecified atom stereocenters. The molecule has 0 aromatic carbocycles. The minimum absolute atomic E-state index is 0.0321. The van der Waals surface area contributed by atoms with Crippen LogP contribution in [0.1, 0.15) is 37.9 Å². The number of carbonyl (C=O) groups is 1. The van der Waals surface area contributed by atoms with Gasteiger partial charge < -0.3 is 16.4 Å².